The molecule has 0 aromatic heterocycles. The first kappa shape index (κ1) is 22.9. The van der Waals surface area contributed by atoms with E-state index in [2.05, 4.69) is 20.1 Å². The largest absolute Gasteiger partial charge is 0.357 e. The number of amides is 2. The van der Waals surface area contributed by atoms with E-state index < -0.39 is 0 Å². The molecule has 2 amide bonds. The second-order valence-electron chi connectivity index (χ2n) is 6.81. The number of carbonyl (C=O) groups is 2. The quantitative estimate of drug-likeness (QED) is 0.338. The van der Waals surface area contributed by atoms with Gasteiger partial charge in [0.15, 0.2) is 5.96 Å². The van der Waals surface area contributed by atoms with Crippen LogP contribution in [0.2, 0.25) is 0 Å². The molecule has 0 aromatic carbocycles. The van der Waals surface area contributed by atoms with Crippen molar-refractivity contribution in [3.63, 3.8) is 0 Å². The molecule has 0 saturated carbocycles. The van der Waals surface area contributed by atoms with E-state index in [4.69, 9.17) is 0 Å². The van der Waals surface area contributed by atoms with Gasteiger partial charge >= 0.3 is 0 Å². The third-order valence-electron chi connectivity index (χ3n) is 4.69. The molecule has 0 spiro atoms. The predicted molar refractivity (Wildman–Crippen MR) is 114 cm³/mol. The molecule has 9 heteroatoms. The first-order chi connectivity index (χ1) is 12.0. The van der Waals surface area contributed by atoms with Crippen LogP contribution in [0.3, 0.4) is 0 Å². The Hall–Kier alpha value is -1.10. The summed E-state index contributed by atoms with van der Waals surface area (Å²) in [6.45, 7) is 8.59. The minimum atomic E-state index is -0.00903. The lowest BCUT2D eigenvalue weighted by Gasteiger charge is -2.36. The van der Waals surface area contributed by atoms with Crippen molar-refractivity contribution in [3.05, 3.63) is 0 Å². The smallest absolute Gasteiger partial charge is 0.243 e. The summed E-state index contributed by atoms with van der Waals surface area (Å²) in [4.78, 5) is 36.4. The topological polar surface area (TPSA) is 71.5 Å². The molecule has 2 heterocycles. The van der Waals surface area contributed by atoms with Gasteiger partial charge in [-0.05, 0) is 19.8 Å². The molecule has 2 aliphatic heterocycles. The SMILES string of the molecule is CCNC(=NCC(=O)N(C)C)N1CCN(CC(=O)N2CCCC2)CC1.I. The Morgan fingerprint density at radius 3 is 2.15 bits per heavy atom. The lowest BCUT2D eigenvalue weighted by atomic mass is 10.3. The van der Waals surface area contributed by atoms with E-state index in [1.807, 2.05) is 11.8 Å². The van der Waals surface area contributed by atoms with E-state index in [0.29, 0.717) is 6.54 Å². The number of halogens is 1. The number of carbonyl (C=O) groups excluding carboxylic acids is 2. The molecule has 8 nitrogen and oxygen atoms in total. The van der Waals surface area contributed by atoms with Crippen LogP contribution >= 0.6 is 24.0 Å². The third-order valence-corrected chi connectivity index (χ3v) is 4.69. The van der Waals surface area contributed by atoms with Crippen molar-refractivity contribution in [2.45, 2.75) is 19.8 Å². The summed E-state index contributed by atoms with van der Waals surface area (Å²) in [5.41, 5.74) is 0. The summed E-state index contributed by atoms with van der Waals surface area (Å²) in [5, 5.41) is 3.26. The Balaban J connectivity index is 0.00000338. The number of hydrogen-bond donors (Lipinski definition) is 1. The van der Waals surface area contributed by atoms with Gasteiger partial charge in [-0.15, -0.1) is 24.0 Å². The van der Waals surface area contributed by atoms with Crippen LogP contribution in [0, 0.1) is 0 Å². The van der Waals surface area contributed by atoms with Crippen molar-refractivity contribution < 1.29 is 9.59 Å². The minimum absolute atomic E-state index is 0. The summed E-state index contributed by atoms with van der Waals surface area (Å²) in [7, 11) is 3.47. The summed E-state index contributed by atoms with van der Waals surface area (Å²) in [5.74, 6) is 1.02. The molecule has 150 valence electrons. The highest BCUT2D eigenvalue weighted by Gasteiger charge is 2.24. The van der Waals surface area contributed by atoms with Crippen molar-refractivity contribution >= 4 is 41.8 Å². The molecule has 1 N–H and O–H groups in total. The highest BCUT2D eigenvalue weighted by Crippen LogP contribution is 2.09. The number of rotatable bonds is 5. The monoisotopic (exact) mass is 480 g/mol. The molecule has 0 bridgehead atoms. The Morgan fingerprint density at radius 1 is 1.00 bits per heavy atom. The fourth-order valence-corrected chi connectivity index (χ4v) is 3.09. The van der Waals surface area contributed by atoms with Gasteiger partial charge in [0, 0.05) is 59.9 Å². The molecule has 0 unspecified atom stereocenters. The molecule has 2 aliphatic rings. The maximum Gasteiger partial charge on any atom is 0.243 e. The first-order valence-corrected chi connectivity index (χ1v) is 9.24. The maximum absolute atomic E-state index is 12.3. The number of likely N-dealkylation sites (N-methyl/N-ethyl adjacent to an activating group) is 1. The van der Waals surface area contributed by atoms with Crippen LogP contribution in [0.4, 0.5) is 0 Å². The van der Waals surface area contributed by atoms with Gasteiger partial charge in [0.1, 0.15) is 6.54 Å². The van der Waals surface area contributed by atoms with Crippen molar-refractivity contribution in [1.29, 1.82) is 0 Å². The lowest BCUT2D eigenvalue weighted by Crippen LogP contribution is -2.54. The standard InChI is InChI=1S/C17H32N6O2.HI/c1-4-18-17(19-13-15(24)20(2)3)23-11-9-21(10-12-23)14-16(25)22-7-5-6-8-22;/h4-14H2,1-3H3,(H,18,19);1H. The van der Waals surface area contributed by atoms with Crippen LogP contribution in [-0.4, -0.2) is 110 Å². The van der Waals surface area contributed by atoms with Gasteiger partial charge in [-0.25, -0.2) is 4.99 Å². The predicted octanol–water partition coefficient (Wildman–Crippen LogP) is -0.102. The van der Waals surface area contributed by atoms with Crippen molar-refractivity contribution in [2.75, 3.05) is 73.0 Å². The second kappa shape index (κ2) is 11.6. The Bertz CT molecular complexity index is 486. The van der Waals surface area contributed by atoms with Crippen molar-refractivity contribution in [2.24, 2.45) is 4.99 Å². The number of nitrogens with zero attached hydrogens (tertiary/aromatic N) is 5. The number of piperazine rings is 1. The number of likely N-dealkylation sites (tertiary alicyclic amines) is 1. The van der Waals surface area contributed by atoms with Crippen LogP contribution in [0.5, 0.6) is 0 Å². The zero-order valence-corrected chi connectivity index (χ0v) is 18.6. The van der Waals surface area contributed by atoms with Gasteiger partial charge in [-0.3, -0.25) is 14.5 Å². The average Bonchev–Trinajstić information content (AvgIpc) is 3.13. The Labute approximate surface area is 174 Å². The van der Waals surface area contributed by atoms with Crippen LogP contribution in [0.25, 0.3) is 0 Å². The molecule has 0 atom stereocenters. The van der Waals surface area contributed by atoms with Crippen molar-refractivity contribution in [1.82, 2.24) is 24.9 Å². The Morgan fingerprint density at radius 2 is 1.62 bits per heavy atom. The molecule has 2 rings (SSSR count). The average molecular weight is 480 g/mol. The molecule has 0 aromatic rings. The fraction of sp³-hybridized carbons (Fsp3) is 0.824. The zero-order chi connectivity index (χ0) is 18.2. The van der Waals surface area contributed by atoms with E-state index in [9.17, 15) is 9.59 Å². The second-order valence-corrected chi connectivity index (χ2v) is 6.81. The first-order valence-electron chi connectivity index (χ1n) is 9.24. The normalized spacial score (nSPS) is 18.5. The summed E-state index contributed by atoms with van der Waals surface area (Å²) < 4.78 is 0. The van der Waals surface area contributed by atoms with Crippen molar-refractivity contribution in [3.8, 4) is 0 Å². The van der Waals surface area contributed by atoms with Gasteiger partial charge in [-0.1, -0.05) is 0 Å². The Kier molecular flexibility index (Phi) is 10.2. The van der Waals surface area contributed by atoms with E-state index in [-0.39, 0.29) is 42.3 Å². The lowest BCUT2D eigenvalue weighted by molar-refractivity contribution is -0.131. The summed E-state index contributed by atoms with van der Waals surface area (Å²) in [6, 6.07) is 0. The molecule has 0 radical (unpaired) electrons. The van der Waals surface area contributed by atoms with Gasteiger partial charge in [0.2, 0.25) is 11.8 Å². The van der Waals surface area contributed by atoms with E-state index in [0.717, 1.165) is 64.6 Å². The molecule has 2 fully saturated rings. The highest BCUT2D eigenvalue weighted by molar-refractivity contribution is 14.0. The third kappa shape index (κ3) is 6.90. The molecular formula is C17H33IN6O2. The van der Waals surface area contributed by atoms with Gasteiger partial charge in [0.25, 0.3) is 0 Å². The van der Waals surface area contributed by atoms with Crippen LogP contribution in [-0.2, 0) is 9.59 Å². The fourth-order valence-electron chi connectivity index (χ4n) is 3.09. The number of guanidine groups is 1. The summed E-state index contributed by atoms with van der Waals surface area (Å²) >= 11 is 0. The maximum atomic E-state index is 12.3. The number of nitrogens with one attached hydrogen (secondary N) is 1. The molecule has 2 saturated heterocycles. The van der Waals surface area contributed by atoms with Gasteiger partial charge in [0.05, 0.1) is 6.54 Å². The van der Waals surface area contributed by atoms with Crippen LogP contribution < -0.4 is 5.32 Å². The van der Waals surface area contributed by atoms with E-state index in [1.54, 1.807) is 19.0 Å². The van der Waals surface area contributed by atoms with Crippen LogP contribution in [0.1, 0.15) is 19.8 Å². The van der Waals surface area contributed by atoms with Gasteiger partial charge in [-0.2, -0.15) is 0 Å². The van der Waals surface area contributed by atoms with E-state index >= 15 is 0 Å². The molecule has 0 aliphatic carbocycles. The number of hydrogen-bond acceptors (Lipinski definition) is 4. The molecule has 26 heavy (non-hydrogen) atoms. The molecular weight excluding hydrogens is 447 g/mol. The highest BCUT2D eigenvalue weighted by atomic mass is 127. The van der Waals surface area contributed by atoms with E-state index in [1.165, 1.54) is 0 Å². The number of aliphatic imine (C=N–C) groups is 1. The summed E-state index contributed by atoms with van der Waals surface area (Å²) in [6.07, 6.45) is 2.27. The zero-order valence-electron chi connectivity index (χ0n) is 16.2. The minimum Gasteiger partial charge on any atom is -0.357 e. The van der Waals surface area contributed by atoms with Gasteiger partial charge < -0.3 is 20.0 Å². The van der Waals surface area contributed by atoms with Crippen LogP contribution in [0.15, 0.2) is 4.99 Å².